The van der Waals surface area contributed by atoms with Crippen LogP contribution in [0.4, 0.5) is 0 Å². The lowest BCUT2D eigenvalue weighted by atomic mass is 9.84. The number of amides is 1. The maximum Gasteiger partial charge on any atom is 0.253 e. The molecule has 1 fully saturated rings. The molecule has 1 aliphatic heterocycles. The number of aromatic nitrogens is 3. The van der Waals surface area contributed by atoms with Gasteiger partial charge < -0.3 is 19.9 Å². The number of hydrogen-bond donors (Lipinski definition) is 1. The van der Waals surface area contributed by atoms with E-state index in [0.29, 0.717) is 31.2 Å². The summed E-state index contributed by atoms with van der Waals surface area (Å²) in [6, 6.07) is 10.0. The van der Waals surface area contributed by atoms with Crippen molar-refractivity contribution >= 4 is 28.6 Å². The summed E-state index contributed by atoms with van der Waals surface area (Å²) in [5.41, 5.74) is 12.2. The third-order valence-electron chi connectivity index (χ3n) is 7.13. The number of carbonyl (C=O) groups excluding carboxylic acids is 1. The number of imidazole rings is 1. The Hall–Kier alpha value is -3.03. The largest absolute Gasteiger partial charge is 0.383 e. The van der Waals surface area contributed by atoms with Gasteiger partial charge in [0.2, 0.25) is 0 Å². The number of hydrogen-bond acceptors (Lipinski definition) is 5. The van der Waals surface area contributed by atoms with Crippen LogP contribution in [0.15, 0.2) is 36.5 Å². The molecular formula is C27H33N5O2. The minimum atomic E-state index is 0.0355. The Bertz CT molecular complexity index is 1230. The van der Waals surface area contributed by atoms with E-state index < -0.39 is 0 Å². The smallest absolute Gasteiger partial charge is 0.253 e. The van der Waals surface area contributed by atoms with Crippen LogP contribution >= 0.6 is 0 Å². The van der Waals surface area contributed by atoms with Crippen molar-refractivity contribution in [3.05, 3.63) is 59.2 Å². The predicted octanol–water partition coefficient (Wildman–Crippen LogP) is 3.76. The number of likely N-dealkylation sites (tertiary alicyclic amines) is 1. The fourth-order valence-corrected chi connectivity index (χ4v) is 5.26. The molecular weight excluding hydrogens is 426 g/mol. The van der Waals surface area contributed by atoms with Crippen molar-refractivity contribution in [3.8, 4) is 0 Å². The van der Waals surface area contributed by atoms with Crippen molar-refractivity contribution < 1.29 is 9.53 Å². The van der Waals surface area contributed by atoms with Crippen LogP contribution < -0.4 is 5.73 Å². The van der Waals surface area contributed by atoms with Gasteiger partial charge in [0.05, 0.1) is 17.6 Å². The summed E-state index contributed by atoms with van der Waals surface area (Å²) in [6.07, 6.45) is 7.95. The minimum Gasteiger partial charge on any atom is -0.383 e. The Morgan fingerprint density at radius 2 is 2.18 bits per heavy atom. The third-order valence-corrected chi connectivity index (χ3v) is 7.13. The van der Waals surface area contributed by atoms with Crippen molar-refractivity contribution in [2.75, 3.05) is 26.8 Å². The SMILES string of the molecule is CCC1Cc2ncccc2C=C1c1nc2cc(C(=O)N3CCC[C@@H](N)C3)ccc2n1CCOC. The van der Waals surface area contributed by atoms with Crippen LogP contribution in [0.5, 0.6) is 0 Å². The van der Waals surface area contributed by atoms with Crippen LogP contribution in [0.25, 0.3) is 22.7 Å². The first kappa shape index (κ1) is 22.7. The molecule has 2 N–H and O–H groups in total. The number of allylic oxidation sites excluding steroid dienone is 1. The number of methoxy groups -OCH3 is 1. The monoisotopic (exact) mass is 459 g/mol. The number of piperidine rings is 1. The number of nitrogens with zero attached hydrogens (tertiary/aromatic N) is 4. The molecule has 0 radical (unpaired) electrons. The van der Waals surface area contributed by atoms with Gasteiger partial charge in [-0.15, -0.1) is 0 Å². The van der Waals surface area contributed by atoms with Gasteiger partial charge in [0.1, 0.15) is 5.82 Å². The Morgan fingerprint density at radius 3 is 2.97 bits per heavy atom. The average molecular weight is 460 g/mol. The summed E-state index contributed by atoms with van der Waals surface area (Å²) >= 11 is 0. The van der Waals surface area contributed by atoms with Crippen molar-refractivity contribution in [2.24, 2.45) is 11.7 Å². The summed E-state index contributed by atoms with van der Waals surface area (Å²) in [5.74, 6) is 1.34. The second-order valence-electron chi connectivity index (χ2n) is 9.39. The van der Waals surface area contributed by atoms with Gasteiger partial charge in [-0.05, 0) is 73.1 Å². The highest BCUT2D eigenvalue weighted by molar-refractivity contribution is 5.98. The zero-order chi connectivity index (χ0) is 23.7. The van der Waals surface area contributed by atoms with E-state index in [2.05, 4.69) is 28.6 Å². The van der Waals surface area contributed by atoms with Gasteiger partial charge in [0.25, 0.3) is 5.91 Å². The lowest BCUT2D eigenvalue weighted by Gasteiger charge is -2.30. The summed E-state index contributed by atoms with van der Waals surface area (Å²) in [6.45, 7) is 4.88. The highest BCUT2D eigenvalue weighted by Gasteiger charge is 2.27. The fraction of sp³-hybridized carbons (Fsp3) is 0.444. The summed E-state index contributed by atoms with van der Waals surface area (Å²) in [7, 11) is 1.72. The Morgan fingerprint density at radius 1 is 1.29 bits per heavy atom. The van der Waals surface area contributed by atoms with Gasteiger partial charge in [0.15, 0.2) is 0 Å². The standard InChI is InChI=1S/C27H33N5O2/c1-3-18-15-23-19(6-4-10-29-23)14-22(18)26-30-24-16-20(8-9-25(24)32(26)12-13-34-2)27(33)31-11-5-7-21(28)17-31/h4,6,8-10,14,16,18,21H,3,5,7,11-13,15,17,28H2,1-2H3/t18?,21-/m1/s1. The average Bonchev–Trinajstić information content (AvgIpc) is 3.23. The number of ether oxygens (including phenoxy) is 1. The van der Waals surface area contributed by atoms with Crippen LogP contribution in [-0.2, 0) is 17.7 Å². The first-order valence-electron chi connectivity index (χ1n) is 12.3. The number of carbonyl (C=O) groups is 1. The van der Waals surface area contributed by atoms with Gasteiger partial charge >= 0.3 is 0 Å². The van der Waals surface area contributed by atoms with Gasteiger partial charge in [0, 0.05) is 50.2 Å². The maximum absolute atomic E-state index is 13.2. The lowest BCUT2D eigenvalue weighted by Crippen LogP contribution is -2.45. The van der Waals surface area contributed by atoms with E-state index in [1.165, 1.54) is 5.57 Å². The predicted molar refractivity (Wildman–Crippen MR) is 134 cm³/mol. The van der Waals surface area contributed by atoms with Crippen LogP contribution in [0.1, 0.15) is 53.6 Å². The lowest BCUT2D eigenvalue weighted by molar-refractivity contribution is 0.0709. The summed E-state index contributed by atoms with van der Waals surface area (Å²) in [4.78, 5) is 24.7. The quantitative estimate of drug-likeness (QED) is 0.607. The van der Waals surface area contributed by atoms with E-state index in [4.69, 9.17) is 15.5 Å². The highest BCUT2D eigenvalue weighted by atomic mass is 16.5. The van der Waals surface area contributed by atoms with Crippen molar-refractivity contribution in [3.63, 3.8) is 0 Å². The molecule has 34 heavy (non-hydrogen) atoms. The van der Waals surface area contributed by atoms with Gasteiger partial charge in [-0.3, -0.25) is 9.78 Å². The maximum atomic E-state index is 13.2. The number of pyridine rings is 1. The molecule has 1 amide bonds. The van der Waals surface area contributed by atoms with Crippen molar-refractivity contribution in [2.45, 2.75) is 45.2 Å². The van der Waals surface area contributed by atoms with Crippen molar-refractivity contribution in [1.29, 1.82) is 0 Å². The molecule has 1 aromatic carbocycles. The summed E-state index contributed by atoms with van der Waals surface area (Å²) < 4.78 is 7.65. The molecule has 3 aromatic rings. The Balaban J connectivity index is 1.57. The van der Waals surface area contributed by atoms with E-state index >= 15 is 0 Å². The van der Waals surface area contributed by atoms with E-state index in [0.717, 1.165) is 60.3 Å². The topological polar surface area (TPSA) is 86.3 Å². The molecule has 1 saturated heterocycles. The second-order valence-corrected chi connectivity index (χ2v) is 9.39. The molecule has 0 saturated carbocycles. The Kier molecular flexibility index (Phi) is 6.48. The first-order valence-corrected chi connectivity index (χ1v) is 12.3. The fourth-order valence-electron chi connectivity index (χ4n) is 5.26. The van der Waals surface area contributed by atoms with E-state index in [1.54, 1.807) is 7.11 Å². The number of fused-ring (bicyclic) bond motifs is 2. The first-order chi connectivity index (χ1) is 16.6. The van der Waals surface area contributed by atoms with E-state index in [9.17, 15) is 4.79 Å². The normalized spacial score (nSPS) is 20.3. The molecule has 0 spiro atoms. The summed E-state index contributed by atoms with van der Waals surface area (Å²) in [5, 5.41) is 0. The van der Waals surface area contributed by atoms with Crippen LogP contribution in [0, 0.1) is 5.92 Å². The number of nitrogens with two attached hydrogens (primary N) is 1. The molecule has 2 aromatic heterocycles. The molecule has 3 heterocycles. The molecule has 1 unspecified atom stereocenters. The third kappa shape index (κ3) is 4.26. The van der Waals surface area contributed by atoms with Crippen LogP contribution in [0.2, 0.25) is 0 Å². The second kappa shape index (κ2) is 9.68. The van der Waals surface area contributed by atoms with Gasteiger partial charge in [-0.2, -0.15) is 0 Å². The molecule has 7 nitrogen and oxygen atoms in total. The Labute approximate surface area is 200 Å². The number of rotatable bonds is 6. The molecule has 2 atom stereocenters. The van der Waals surface area contributed by atoms with Gasteiger partial charge in [-0.25, -0.2) is 4.98 Å². The highest BCUT2D eigenvalue weighted by Crippen LogP contribution is 2.37. The van der Waals surface area contributed by atoms with E-state index in [1.807, 2.05) is 35.4 Å². The van der Waals surface area contributed by atoms with E-state index in [-0.39, 0.29) is 11.9 Å². The molecule has 178 valence electrons. The molecule has 0 bridgehead atoms. The van der Waals surface area contributed by atoms with Crippen LogP contribution in [-0.4, -0.2) is 58.2 Å². The zero-order valence-corrected chi connectivity index (χ0v) is 20.0. The minimum absolute atomic E-state index is 0.0355. The molecule has 1 aliphatic carbocycles. The molecule has 5 rings (SSSR count). The molecule has 2 aliphatic rings. The van der Waals surface area contributed by atoms with Crippen LogP contribution in [0.3, 0.4) is 0 Å². The molecule has 7 heteroatoms. The van der Waals surface area contributed by atoms with Gasteiger partial charge in [-0.1, -0.05) is 13.0 Å². The van der Waals surface area contributed by atoms with Crippen molar-refractivity contribution in [1.82, 2.24) is 19.4 Å². The zero-order valence-electron chi connectivity index (χ0n) is 20.0. The number of benzene rings is 1.